The normalized spacial score (nSPS) is 13.2. The van der Waals surface area contributed by atoms with Crippen LogP contribution in [0.5, 0.6) is 5.75 Å². The first-order chi connectivity index (χ1) is 7.71. The van der Waals surface area contributed by atoms with Gasteiger partial charge in [0.15, 0.2) is 18.2 Å². The van der Waals surface area contributed by atoms with Crippen LogP contribution in [0.4, 0.5) is 0 Å². The SMILES string of the molecule is CCC(C=O)Oc1ccc(/C(N)=N/O)cc1. The monoisotopic (exact) mass is 222 g/mol. The molecule has 0 saturated heterocycles. The van der Waals surface area contributed by atoms with E-state index >= 15 is 0 Å². The van der Waals surface area contributed by atoms with Crippen molar-refractivity contribution in [1.82, 2.24) is 0 Å². The summed E-state index contributed by atoms with van der Waals surface area (Å²) in [4.78, 5) is 10.6. The number of nitrogens with two attached hydrogens (primary N) is 1. The molecule has 0 aliphatic carbocycles. The smallest absolute Gasteiger partial charge is 0.170 e. The standard InChI is InChI=1S/C11H14N2O3/c1-2-9(7-14)16-10-5-3-8(4-6-10)11(12)13-15/h3-7,9,15H,2H2,1H3,(H2,12,13). The molecule has 0 spiro atoms. The highest BCUT2D eigenvalue weighted by atomic mass is 16.5. The second-order valence-electron chi connectivity index (χ2n) is 3.21. The number of carbonyl (C=O) groups is 1. The number of aldehydes is 1. The highest BCUT2D eigenvalue weighted by Crippen LogP contribution is 2.14. The van der Waals surface area contributed by atoms with Gasteiger partial charge in [-0.1, -0.05) is 12.1 Å². The van der Waals surface area contributed by atoms with Crippen LogP contribution in [0.15, 0.2) is 29.4 Å². The van der Waals surface area contributed by atoms with Gasteiger partial charge in [0.25, 0.3) is 0 Å². The van der Waals surface area contributed by atoms with Gasteiger partial charge in [-0.05, 0) is 30.7 Å². The number of benzene rings is 1. The summed E-state index contributed by atoms with van der Waals surface area (Å²) in [5.41, 5.74) is 5.99. The molecule has 5 nitrogen and oxygen atoms in total. The lowest BCUT2D eigenvalue weighted by atomic mass is 10.2. The fourth-order valence-electron chi connectivity index (χ4n) is 1.14. The molecule has 86 valence electrons. The van der Waals surface area contributed by atoms with Crippen LogP contribution in [-0.4, -0.2) is 23.4 Å². The first-order valence-electron chi connectivity index (χ1n) is 4.91. The highest BCUT2D eigenvalue weighted by molar-refractivity contribution is 5.97. The van der Waals surface area contributed by atoms with Gasteiger partial charge < -0.3 is 15.7 Å². The van der Waals surface area contributed by atoms with Crippen molar-refractivity contribution >= 4 is 12.1 Å². The fourth-order valence-corrected chi connectivity index (χ4v) is 1.14. The van der Waals surface area contributed by atoms with Crippen molar-refractivity contribution in [2.24, 2.45) is 10.9 Å². The molecular weight excluding hydrogens is 208 g/mol. The maximum Gasteiger partial charge on any atom is 0.170 e. The van der Waals surface area contributed by atoms with Gasteiger partial charge in [-0.15, -0.1) is 0 Å². The molecule has 1 unspecified atom stereocenters. The fraction of sp³-hybridized carbons (Fsp3) is 0.273. The molecule has 1 aromatic carbocycles. The van der Waals surface area contributed by atoms with E-state index in [0.29, 0.717) is 17.7 Å². The molecule has 1 rings (SSSR count). The average Bonchev–Trinajstić information content (AvgIpc) is 2.35. The van der Waals surface area contributed by atoms with E-state index < -0.39 is 6.10 Å². The summed E-state index contributed by atoms with van der Waals surface area (Å²) >= 11 is 0. The predicted octanol–water partition coefficient (Wildman–Crippen LogP) is 1.14. The minimum Gasteiger partial charge on any atom is -0.483 e. The summed E-state index contributed by atoms with van der Waals surface area (Å²) in [6.07, 6.45) is 0.942. The first-order valence-corrected chi connectivity index (χ1v) is 4.91. The Morgan fingerprint density at radius 3 is 2.62 bits per heavy atom. The zero-order chi connectivity index (χ0) is 12.0. The minimum atomic E-state index is -0.435. The van der Waals surface area contributed by atoms with Crippen molar-refractivity contribution in [3.05, 3.63) is 29.8 Å². The largest absolute Gasteiger partial charge is 0.483 e. The predicted molar refractivity (Wildman–Crippen MR) is 59.7 cm³/mol. The van der Waals surface area contributed by atoms with Crippen LogP contribution in [0, 0.1) is 0 Å². The van der Waals surface area contributed by atoms with Crippen LogP contribution in [0.2, 0.25) is 0 Å². The van der Waals surface area contributed by atoms with Crippen LogP contribution >= 0.6 is 0 Å². The molecular formula is C11H14N2O3. The molecule has 0 bridgehead atoms. The summed E-state index contributed by atoms with van der Waals surface area (Å²) < 4.78 is 5.37. The van der Waals surface area contributed by atoms with E-state index in [1.54, 1.807) is 24.3 Å². The molecule has 0 fully saturated rings. The molecule has 1 atom stereocenters. The number of amidine groups is 1. The van der Waals surface area contributed by atoms with Crippen LogP contribution in [0.3, 0.4) is 0 Å². The van der Waals surface area contributed by atoms with Gasteiger partial charge in [0.1, 0.15) is 5.75 Å². The number of hydrogen-bond donors (Lipinski definition) is 2. The average molecular weight is 222 g/mol. The van der Waals surface area contributed by atoms with E-state index in [9.17, 15) is 4.79 Å². The quantitative estimate of drug-likeness (QED) is 0.257. The molecule has 5 heteroatoms. The Balaban J connectivity index is 2.75. The lowest BCUT2D eigenvalue weighted by molar-refractivity contribution is -0.113. The van der Waals surface area contributed by atoms with Crippen molar-refractivity contribution in [1.29, 1.82) is 0 Å². The minimum absolute atomic E-state index is 0.0361. The molecule has 0 aromatic heterocycles. The molecule has 16 heavy (non-hydrogen) atoms. The van der Waals surface area contributed by atoms with Crippen LogP contribution < -0.4 is 10.5 Å². The Kier molecular flexibility index (Phi) is 4.32. The Labute approximate surface area is 93.5 Å². The van der Waals surface area contributed by atoms with Gasteiger partial charge in [0.2, 0.25) is 0 Å². The third-order valence-corrected chi connectivity index (χ3v) is 2.10. The lowest BCUT2D eigenvalue weighted by Gasteiger charge is -2.11. The second kappa shape index (κ2) is 5.75. The van der Waals surface area contributed by atoms with E-state index in [-0.39, 0.29) is 5.84 Å². The lowest BCUT2D eigenvalue weighted by Crippen LogP contribution is -2.17. The molecule has 0 aliphatic heterocycles. The van der Waals surface area contributed by atoms with E-state index in [0.717, 1.165) is 6.29 Å². The summed E-state index contributed by atoms with van der Waals surface area (Å²) in [5.74, 6) is 0.613. The zero-order valence-corrected chi connectivity index (χ0v) is 8.96. The topological polar surface area (TPSA) is 84.9 Å². The second-order valence-corrected chi connectivity index (χ2v) is 3.21. The van der Waals surface area contributed by atoms with Crippen LogP contribution in [-0.2, 0) is 4.79 Å². The van der Waals surface area contributed by atoms with Gasteiger partial charge in [0, 0.05) is 5.56 Å². The maximum atomic E-state index is 10.6. The Hall–Kier alpha value is -2.04. The molecule has 0 aliphatic rings. The summed E-state index contributed by atoms with van der Waals surface area (Å²) in [6.45, 7) is 1.86. The molecule has 0 saturated carbocycles. The summed E-state index contributed by atoms with van der Waals surface area (Å²) in [5, 5.41) is 11.3. The number of carbonyl (C=O) groups excluding carboxylic acids is 1. The molecule has 3 N–H and O–H groups in total. The van der Waals surface area contributed by atoms with Crippen molar-refractivity contribution in [3.63, 3.8) is 0 Å². The van der Waals surface area contributed by atoms with Crippen LogP contribution in [0.1, 0.15) is 18.9 Å². The Bertz CT molecular complexity index is 373. The van der Waals surface area contributed by atoms with Crippen molar-refractivity contribution in [2.75, 3.05) is 0 Å². The third-order valence-electron chi connectivity index (χ3n) is 2.10. The van der Waals surface area contributed by atoms with Crippen molar-refractivity contribution in [3.8, 4) is 5.75 Å². The van der Waals surface area contributed by atoms with E-state index in [1.165, 1.54) is 0 Å². The molecule has 0 amide bonds. The van der Waals surface area contributed by atoms with Crippen molar-refractivity contribution in [2.45, 2.75) is 19.4 Å². The van der Waals surface area contributed by atoms with E-state index in [4.69, 9.17) is 15.7 Å². The van der Waals surface area contributed by atoms with Gasteiger partial charge in [-0.3, -0.25) is 4.79 Å². The van der Waals surface area contributed by atoms with Gasteiger partial charge in [-0.2, -0.15) is 0 Å². The number of rotatable bonds is 5. The third kappa shape index (κ3) is 2.98. The zero-order valence-electron chi connectivity index (χ0n) is 8.96. The van der Waals surface area contributed by atoms with E-state index in [1.807, 2.05) is 6.92 Å². The number of oxime groups is 1. The van der Waals surface area contributed by atoms with Crippen molar-refractivity contribution < 1.29 is 14.7 Å². The number of nitrogens with zero attached hydrogens (tertiary/aromatic N) is 1. The van der Waals surface area contributed by atoms with Gasteiger partial charge in [0.05, 0.1) is 0 Å². The van der Waals surface area contributed by atoms with Gasteiger partial charge in [-0.25, -0.2) is 0 Å². The Morgan fingerprint density at radius 2 is 2.19 bits per heavy atom. The van der Waals surface area contributed by atoms with Crippen LogP contribution in [0.25, 0.3) is 0 Å². The Morgan fingerprint density at radius 1 is 1.56 bits per heavy atom. The maximum absolute atomic E-state index is 10.6. The molecule has 1 aromatic rings. The van der Waals surface area contributed by atoms with Gasteiger partial charge >= 0.3 is 0 Å². The molecule has 0 radical (unpaired) electrons. The number of ether oxygens (including phenoxy) is 1. The molecule has 0 heterocycles. The number of hydrogen-bond acceptors (Lipinski definition) is 4. The summed E-state index contributed by atoms with van der Waals surface area (Å²) in [6, 6.07) is 6.64. The summed E-state index contributed by atoms with van der Waals surface area (Å²) in [7, 11) is 0. The highest BCUT2D eigenvalue weighted by Gasteiger charge is 2.06. The first kappa shape index (κ1) is 12.0. The van der Waals surface area contributed by atoms with E-state index in [2.05, 4.69) is 5.16 Å².